The van der Waals surface area contributed by atoms with Gasteiger partial charge in [0.1, 0.15) is 11.4 Å². The molecular weight excluding hydrogens is 420 g/mol. The molecule has 1 N–H and O–H groups in total. The van der Waals surface area contributed by atoms with E-state index in [-0.39, 0.29) is 18.1 Å². The summed E-state index contributed by atoms with van der Waals surface area (Å²) in [5.74, 6) is 0.382. The number of carbonyl (C=O) groups excluding carboxylic acids is 1. The second-order valence-electron chi connectivity index (χ2n) is 7.41. The molecule has 0 spiro atoms. The van der Waals surface area contributed by atoms with Crippen LogP contribution in [0.25, 0.3) is 11.3 Å². The van der Waals surface area contributed by atoms with Crippen LogP contribution in [-0.2, 0) is 13.1 Å². The molecule has 1 amide bonds. The number of amides is 1. The number of aromatic nitrogens is 2. The number of carbonyl (C=O) groups is 1. The summed E-state index contributed by atoms with van der Waals surface area (Å²) < 4.78 is 7.07. The van der Waals surface area contributed by atoms with E-state index in [1.165, 1.54) is 12.1 Å². The Hall–Kier alpha value is -4.46. The molecule has 4 aromatic rings. The number of rotatable bonds is 8. The maximum atomic E-state index is 13.1. The second kappa shape index (κ2) is 9.78. The summed E-state index contributed by atoms with van der Waals surface area (Å²) >= 11 is 0. The van der Waals surface area contributed by atoms with Crippen molar-refractivity contribution in [3.63, 3.8) is 0 Å². The van der Waals surface area contributed by atoms with Crippen molar-refractivity contribution in [2.45, 2.75) is 13.1 Å². The van der Waals surface area contributed by atoms with Gasteiger partial charge >= 0.3 is 0 Å². The smallest absolute Gasteiger partial charge is 0.269 e. The van der Waals surface area contributed by atoms with Gasteiger partial charge in [0.25, 0.3) is 11.6 Å². The highest BCUT2D eigenvalue weighted by Gasteiger charge is 2.19. The minimum absolute atomic E-state index is 0.00701. The second-order valence-corrected chi connectivity index (χ2v) is 7.41. The molecule has 0 fully saturated rings. The summed E-state index contributed by atoms with van der Waals surface area (Å²) in [6.07, 6.45) is 1.73. The molecule has 4 rings (SSSR count). The van der Waals surface area contributed by atoms with Crippen LogP contribution in [-0.4, -0.2) is 27.7 Å². The first-order chi connectivity index (χ1) is 16.0. The predicted molar refractivity (Wildman–Crippen MR) is 124 cm³/mol. The highest BCUT2D eigenvalue weighted by Crippen LogP contribution is 2.26. The zero-order valence-electron chi connectivity index (χ0n) is 18.0. The first-order valence-corrected chi connectivity index (χ1v) is 10.3. The van der Waals surface area contributed by atoms with Crippen LogP contribution in [0.3, 0.4) is 0 Å². The van der Waals surface area contributed by atoms with Gasteiger partial charge in [-0.25, -0.2) is 0 Å². The maximum absolute atomic E-state index is 13.1. The van der Waals surface area contributed by atoms with E-state index in [2.05, 4.69) is 10.4 Å². The van der Waals surface area contributed by atoms with Crippen molar-refractivity contribution < 1.29 is 14.5 Å². The van der Waals surface area contributed by atoms with E-state index in [9.17, 15) is 14.9 Å². The molecule has 0 aliphatic heterocycles. The SMILES string of the molecule is COc1cccc(-c2nn(Cc3ccccc3)cc2C(=O)NCc2ccc([N+](=O)[O-])cc2)c1. The normalized spacial score (nSPS) is 10.6. The number of hydrogen-bond acceptors (Lipinski definition) is 5. The molecule has 166 valence electrons. The third-order valence-corrected chi connectivity index (χ3v) is 5.14. The number of benzene rings is 3. The van der Waals surface area contributed by atoms with Gasteiger partial charge in [-0.15, -0.1) is 0 Å². The van der Waals surface area contributed by atoms with Crippen LogP contribution in [0.2, 0.25) is 0 Å². The largest absolute Gasteiger partial charge is 0.497 e. The fourth-order valence-corrected chi connectivity index (χ4v) is 3.44. The van der Waals surface area contributed by atoms with Gasteiger partial charge in [-0.3, -0.25) is 19.6 Å². The minimum Gasteiger partial charge on any atom is -0.497 e. The Morgan fingerprint density at radius 3 is 2.48 bits per heavy atom. The fourth-order valence-electron chi connectivity index (χ4n) is 3.44. The zero-order valence-corrected chi connectivity index (χ0v) is 18.0. The van der Waals surface area contributed by atoms with Crippen LogP contribution in [0.4, 0.5) is 5.69 Å². The molecule has 0 radical (unpaired) electrons. The Labute approximate surface area is 190 Å². The van der Waals surface area contributed by atoms with Crippen molar-refractivity contribution in [2.75, 3.05) is 7.11 Å². The molecule has 0 unspecified atom stereocenters. The number of nitro benzene ring substituents is 1. The van der Waals surface area contributed by atoms with Crippen molar-refractivity contribution in [3.05, 3.63) is 112 Å². The van der Waals surface area contributed by atoms with Gasteiger partial charge in [-0.2, -0.15) is 5.10 Å². The quantitative estimate of drug-likeness (QED) is 0.321. The van der Waals surface area contributed by atoms with Crippen molar-refractivity contribution >= 4 is 11.6 Å². The number of ether oxygens (including phenoxy) is 1. The van der Waals surface area contributed by atoms with E-state index < -0.39 is 4.92 Å². The minimum atomic E-state index is -0.454. The Kier molecular flexibility index (Phi) is 6.45. The lowest BCUT2D eigenvalue weighted by Gasteiger charge is -2.07. The van der Waals surface area contributed by atoms with Crippen molar-refractivity contribution in [2.24, 2.45) is 0 Å². The van der Waals surface area contributed by atoms with E-state index >= 15 is 0 Å². The van der Waals surface area contributed by atoms with Gasteiger partial charge in [0.15, 0.2) is 0 Å². The molecule has 8 heteroatoms. The molecule has 0 saturated heterocycles. The van der Waals surface area contributed by atoms with Crippen LogP contribution in [0, 0.1) is 10.1 Å². The zero-order chi connectivity index (χ0) is 23.2. The Morgan fingerprint density at radius 2 is 1.79 bits per heavy atom. The van der Waals surface area contributed by atoms with E-state index in [0.717, 1.165) is 16.7 Å². The lowest BCUT2D eigenvalue weighted by molar-refractivity contribution is -0.384. The maximum Gasteiger partial charge on any atom is 0.269 e. The lowest BCUT2D eigenvalue weighted by atomic mass is 10.1. The average molecular weight is 442 g/mol. The summed E-state index contributed by atoms with van der Waals surface area (Å²) in [5.41, 5.74) is 3.57. The number of nitro groups is 1. The highest BCUT2D eigenvalue weighted by atomic mass is 16.6. The third kappa shape index (κ3) is 5.24. The summed E-state index contributed by atoms with van der Waals surface area (Å²) in [7, 11) is 1.59. The Bertz CT molecular complexity index is 1270. The predicted octanol–water partition coefficient (Wildman–Crippen LogP) is 4.45. The Balaban J connectivity index is 1.60. The first-order valence-electron chi connectivity index (χ1n) is 10.3. The Morgan fingerprint density at radius 1 is 1.03 bits per heavy atom. The summed E-state index contributed by atoms with van der Waals surface area (Å²) in [4.78, 5) is 23.5. The van der Waals surface area contributed by atoms with Crippen LogP contribution in [0.5, 0.6) is 5.75 Å². The van der Waals surface area contributed by atoms with Crippen LogP contribution in [0.15, 0.2) is 85.1 Å². The van der Waals surface area contributed by atoms with Gasteiger partial charge in [0.2, 0.25) is 0 Å². The lowest BCUT2D eigenvalue weighted by Crippen LogP contribution is -2.23. The summed E-state index contributed by atoms with van der Waals surface area (Å²) in [5, 5.41) is 18.4. The van der Waals surface area contributed by atoms with Crippen molar-refractivity contribution in [1.82, 2.24) is 15.1 Å². The molecule has 0 atom stereocenters. The van der Waals surface area contributed by atoms with Gasteiger partial charge in [0.05, 0.1) is 24.1 Å². The molecule has 3 aromatic carbocycles. The third-order valence-electron chi connectivity index (χ3n) is 5.14. The van der Waals surface area contributed by atoms with E-state index in [0.29, 0.717) is 23.6 Å². The molecule has 1 aromatic heterocycles. The number of nitrogens with one attached hydrogen (secondary N) is 1. The molecular formula is C25H22N4O4. The van der Waals surface area contributed by atoms with E-state index in [1.54, 1.807) is 30.1 Å². The monoisotopic (exact) mass is 442 g/mol. The molecule has 0 saturated carbocycles. The van der Waals surface area contributed by atoms with Crippen LogP contribution >= 0.6 is 0 Å². The number of methoxy groups -OCH3 is 1. The molecule has 0 bridgehead atoms. The molecule has 1 heterocycles. The van der Waals surface area contributed by atoms with Crippen LogP contribution in [0.1, 0.15) is 21.5 Å². The summed E-state index contributed by atoms with van der Waals surface area (Å²) in [6.45, 7) is 0.756. The number of hydrogen-bond donors (Lipinski definition) is 1. The van der Waals surface area contributed by atoms with Crippen LogP contribution < -0.4 is 10.1 Å². The fraction of sp³-hybridized carbons (Fsp3) is 0.120. The van der Waals surface area contributed by atoms with Gasteiger partial charge in [-0.05, 0) is 23.3 Å². The highest BCUT2D eigenvalue weighted by molar-refractivity contribution is 5.99. The molecule has 0 aliphatic carbocycles. The first kappa shape index (κ1) is 21.8. The van der Waals surface area contributed by atoms with E-state index in [1.807, 2.05) is 54.6 Å². The standard InChI is InChI=1S/C25H22N4O4/c1-33-22-9-5-8-20(14-22)24-23(17-28(27-24)16-19-6-3-2-4-7-19)25(30)26-15-18-10-12-21(13-11-18)29(31)32/h2-14,17H,15-16H2,1H3,(H,26,30). The van der Waals surface area contributed by atoms with Crippen molar-refractivity contribution in [3.8, 4) is 17.0 Å². The number of nitrogens with zero attached hydrogens (tertiary/aromatic N) is 3. The molecule has 33 heavy (non-hydrogen) atoms. The molecule has 0 aliphatic rings. The number of non-ortho nitro benzene ring substituents is 1. The average Bonchev–Trinajstić information content (AvgIpc) is 3.27. The van der Waals surface area contributed by atoms with Gasteiger partial charge < -0.3 is 10.1 Å². The molecule has 8 nitrogen and oxygen atoms in total. The van der Waals surface area contributed by atoms with Crippen molar-refractivity contribution in [1.29, 1.82) is 0 Å². The van der Waals surface area contributed by atoms with E-state index in [4.69, 9.17) is 4.74 Å². The van der Waals surface area contributed by atoms with Gasteiger partial charge in [-0.1, -0.05) is 54.6 Å². The summed E-state index contributed by atoms with van der Waals surface area (Å²) in [6, 6.07) is 23.4. The topological polar surface area (TPSA) is 99.3 Å². The van der Waals surface area contributed by atoms with Gasteiger partial charge in [0, 0.05) is 30.4 Å².